The fourth-order valence-corrected chi connectivity index (χ4v) is 1.81. The van der Waals surface area contributed by atoms with Crippen molar-refractivity contribution in [2.24, 2.45) is 7.05 Å². The lowest BCUT2D eigenvalue weighted by molar-refractivity contribution is -0.139. The molecule has 0 saturated heterocycles. The lowest BCUT2D eigenvalue weighted by Gasteiger charge is -2.13. The smallest absolute Gasteiger partial charge is 0.326 e. The van der Waals surface area contributed by atoms with Crippen molar-refractivity contribution in [3.05, 3.63) is 54.1 Å². The van der Waals surface area contributed by atoms with Gasteiger partial charge in [-0.05, 0) is 5.56 Å². The highest BCUT2D eigenvalue weighted by molar-refractivity contribution is 5.94. The molecule has 0 aliphatic carbocycles. The molecular weight excluding hydrogens is 258 g/mol. The molecule has 0 saturated carbocycles. The first-order valence-corrected chi connectivity index (χ1v) is 6.12. The normalized spacial score (nSPS) is 11.8. The molecule has 1 amide bonds. The number of hydrogen-bond acceptors (Lipinski definition) is 3. The average molecular weight is 273 g/mol. The zero-order valence-electron chi connectivity index (χ0n) is 11.0. The Bertz CT molecular complexity index is 607. The van der Waals surface area contributed by atoms with Crippen LogP contribution in [0.15, 0.2) is 42.9 Å². The third-order valence-electron chi connectivity index (χ3n) is 2.82. The second kappa shape index (κ2) is 6.01. The van der Waals surface area contributed by atoms with Crippen LogP contribution in [0.25, 0.3) is 0 Å². The maximum atomic E-state index is 11.9. The van der Waals surface area contributed by atoms with Crippen LogP contribution in [0, 0.1) is 0 Å². The fourth-order valence-electron chi connectivity index (χ4n) is 1.81. The third kappa shape index (κ3) is 3.44. The van der Waals surface area contributed by atoms with E-state index in [9.17, 15) is 14.7 Å². The zero-order chi connectivity index (χ0) is 14.5. The van der Waals surface area contributed by atoms with Crippen LogP contribution in [0.3, 0.4) is 0 Å². The van der Waals surface area contributed by atoms with E-state index in [0.29, 0.717) is 0 Å². The molecule has 0 fully saturated rings. The average Bonchev–Trinajstić information content (AvgIpc) is 2.86. The van der Waals surface area contributed by atoms with Crippen molar-refractivity contribution in [2.45, 2.75) is 12.5 Å². The van der Waals surface area contributed by atoms with E-state index in [2.05, 4.69) is 10.3 Å². The van der Waals surface area contributed by atoms with Gasteiger partial charge in [0.1, 0.15) is 11.7 Å². The maximum Gasteiger partial charge on any atom is 0.326 e. The van der Waals surface area contributed by atoms with Crippen LogP contribution in [0.5, 0.6) is 0 Å². The molecule has 1 atom stereocenters. The van der Waals surface area contributed by atoms with Gasteiger partial charge in [-0.3, -0.25) is 4.79 Å². The summed E-state index contributed by atoms with van der Waals surface area (Å²) < 4.78 is 1.63. The number of carboxylic acids is 1. The van der Waals surface area contributed by atoms with Crippen molar-refractivity contribution in [2.75, 3.05) is 0 Å². The summed E-state index contributed by atoms with van der Waals surface area (Å²) in [6.45, 7) is 0. The number of aryl methyl sites for hydroxylation is 1. The molecule has 0 aliphatic heterocycles. The third-order valence-corrected chi connectivity index (χ3v) is 2.82. The molecule has 0 aliphatic rings. The second-order valence-electron chi connectivity index (χ2n) is 4.48. The molecule has 1 aromatic carbocycles. The second-order valence-corrected chi connectivity index (χ2v) is 4.48. The summed E-state index contributed by atoms with van der Waals surface area (Å²) in [5.41, 5.74) is 1.05. The highest BCUT2D eigenvalue weighted by Crippen LogP contribution is 2.04. The molecule has 0 unspecified atom stereocenters. The molecule has 6 heteroatoms. The number of aromatic nitrogens is 2. The highest BCUT2D eigenvalue weighted by atomic mass is 16.4. The number of amides is 1. The van der Waals surface area contributed by atoms with Gasteiger partial charge in [-0.1, -0.05) is 30.3 Å². The van der Waals surface area contributed by atoms with E-state index in [1.807, 2.05) is 30.3 Å². The fraction of sp³-hybridized carbons (Fsp3) is 0.214. The Morgan fingerprint density at radius 2 is 2.05 bits per heavy atom. The molecule has 1 heterocycles. The minimum Gasteiger partial charge on any atom is -0.480 e. The number of imidazole rings is 1. The number of hydrogen-bond donors (Lipinski definition) is 2. The van der Waals surface area contributed by atoms with Crippen LogP contribution >= 0.6 is 0 Å². The topological polar surface area (TPSA) is 84.2 Å². The van der Waals surface area contributed by atoms with Crippen LogP contribution in [-0.2, 0) is 18.3 Å². The number of carbonyl (C=O) groups excluding carboxylic acids is 1. The first kappa shape index (κ1) is 13.8. The van der Waals surface area contributed by atoms with Gasteiger partial charge in [0.25, 0.3) is 5.91 Å². The van der Waals surface area contributed by atoms with E-state index in [4.69, 9.17) is 0 Å². The quantitative estimate of drug-likeness (QED) is 0.845. The van der Waals surface area contributed by atoms with Crippen molar-refractivity contribution in [3.8, 4) is 0 Å². The number of carboxylic acid groups (broad SMARTS) is 1. The molecule has 0 bridgehead atoms. The predicted octanol–water partition coefficient (Wildman–Crippen LogP) is 0.846. The Morgan fingerprint density at radius 1 is 1.35 bits per heavy atom. The molecule has 2 aromatic rings. The Labute approximate surface area is 116 Å². The van der Waals surface area contributed by atoms with Crippen molar-refractivity contribution < 1.29 is 14.7 Å². The monoisotopic (exact) mass is 273 g/mol. The van der Waals surface area contributed by atoms with E-state index >= 15 is 0 Å². The number of nitrogens with zero attached hydrogens (tertiary/aromatic N) is 2. The molecule has 1 aromatic heterocycles. The summed E-state index contributed by atoms with van der Waals surface area (Å²) in [6, 6.07) is 8.17. The molecule has 20 heavy (non-hydrogen) atoms. The van der Waals surface area contributed by atoms with Gasteiger partial charge in [0.15, 0.2) is 0 Å². The van der Waals surface area contributed by atoms with Gasteiger partial charge >= 0.3 is 5.97 Å². The Morgan fingerprint density at radius 3 is 2.60 bits per heavy atom. The van der Waals surface area contributed by atoms with Gasteiger partial charge in [-0.2, -0.15) is 0 Å². The van der Waals surface area contributed by atoms with Crippen molar-refractivity contribution in [1.29, 1.82) is 0 Å². The van der Waals surface area contributed by atoms with Gasteiger partial charge in [0.05, 0.1) is 6.33 Å². The zero-order valence-corrected chi connectivity index (χ0v) is 11.0. The van der Waals surface area contributed by atoms with E-state index in [0.717, 1.165) is 5.56 Å². The predicted molar refractivity (Wildman–Crippen MR) is 72.2 cm³/mol. The first-order valence-electron chi connectivity index (χ1n) is 6.12. The van der Waals surface area contributed by atoms with E-state index in [1.165, 1.54) is 12.5 Å². The summed E-state index contributed by atoms with van der Waals surface area (Å²) in [4.78, 5) is 27.0. The van der Waals surface area contributed by atoms with Gasteiger partial charge in [0.2, 0.25) is 0 Å². The molecule has 6 nitrogen and oxygen atoms in total. The lowest BCUT2D eigenvalue weighted by atomic mass is 10.1. The minimum absolute atomic E-state index is 0.201. The highest BCUT2D eigenvalue weighted by Gasteiger charge is 2.21. The number of rotatable bonds is 5. The standard InChI is InChI=1S/C14H15N3O3/c1-17-8-12(15-9-17)13(18)16-11(14(19)20)7-10-5-3-2-4-6-10/h2-6,8-9,11H,7H2,1H3,(H,16,18)(H,19,20)/t11-/m0/s1. The van der Waals surface area contributed by atoms with E-state index < -0.39 is 17.9 Å². The Balaban J connectivity index is 2.06. The molecule has 0 spiro atoms. The van der Waals surface area contributed by atoms with Crippen LogP contribution in [0.4, 0.5) is 0 Å². The molecule has 2 rings (SSSR count). The van der Waals surface area contributed by atoms with Crippen LogP contribution < -0.4 is 5.32 Å². The summed E-state index contributed by atoms with van der Waals surface area (Å²) in [5, 5.41) is 11.7. The molecule has 2 N–H and O–H groups in total. The summed E-state index contributed by atoms with van der Waals surface area (Å²) in [6.07, 6.45) is 3.26. The largest absolute Gasteiger partial charge is 0.480 e. The first-order chi connectivity index (χ1) is 9.56. The molecule has 0 radical (unpaired) electrons. The summed E-state index contributed by atoms with van der Waals surface area (Å²) >= 11 is 0. The van der Waals surface area contributed by atoms with Crippen LogP contribution in [-0.4, -0.2) is 32.6 Å². The van der Waals surface area contributed by atoms with Crippen LogP contribution in [0.2, 0.25) is 0 Å². The Hall–Kier alpha value is -2.63. The summed E-state index contributed by atoms with van der Waals surface area (Å²) in [7, 11) is 1.74. The van der Waals surface area contributed by atoms with Crippen LogP contribution in [0.1, 0.15) is 16.1 Å². The van der Waals surface area contributed by atoms with Crippen molar-refractivity contribution in [3.63, 3.8) is 0 Å². The van der Waals surface area contributed by atoms with Gasteiger partial charge in [0, 0.05) is 19.7 Å². The van der Waals surface area contributed by atoms with Gasteiger partial charge in [-0.25, -0.2) is 9.78 Å². The van der Waals surface area contributed by atoms with Crippen molar-refractivity contribution >= 4 is 11.9 Å². The van der Waals surface area contributed by atoms with E-state index in [-0.39, 0.29) is 12.1 Å². The van der Waals surface area contributed by atoms with Gasteiger partial charge in [-0.15, -0.1) is 0 Å². The maximum absolute atomic E-state index is 11.9. The number of benzene rings is 1. The van der Waals surface area contributed by atoms with E-state index in [1.54, 1.807) is 11.6 Å². The minimum atomic E-state index is -1.07. The van der Waals surface area contributed by atoms with Crippen molar-refractivity contribution in [1.82, 2.24) is 14.9 Å². The summed E-state index contributed by atoms with van der Waals surface area (Å²) in [5.74, 6) is -1.56. The Kier molecular flexibility index (Phi) is 4.14. The molecular formula is C14H15N3O3. The van der Waals surface area contributed by atoms with Gasteiger partial charge < -0.3 is 15.0 Å². The lowest BCUT2D eigenvalue weighted by Crippen LogP contribution is -2.42. The SMILES string of the molecule is Cn1cnc(C(=O)N[C@@H](Cc2ccccc2)C(=O)O)c1. The number of aliphatic carboxylic acids is 1. The molecule has 104 valence electrons. The number of nitrogens with one attached hydrogen (secondary N) is 1. The number of carbonyl (C=O) groups is 2.